The fourth-order valence-electron chi connectivity index (χ4n) is 2.06. The molecule has 0 aromatic heterocycles. The summed E-state index contributed by atoms with van der Waals surface area (Å²) in [7, 11) is 0. The van der Waals surface area contributed by atoms with Crippen LogP contribution < -0.4 is 4.72 Å². The third-order valence-corrected chi connectivity index (χ3v) is 5.63. The van der Waals surface area contributed by atoms with E-state index in [9.17, 15) is 4.55 Å². The van der Waals surface area contributed by atoms with E-state index < -0.39 is 11.4 Å². The molecule has 2 rings (SSSR count). The number of hydrogen-bond donors (Lipinski definition) is 1. The molecule has 106 valence electrons. The van der Waals surface area contributed by atoms with Gasteiger partial charge in [-0.1, -0.05) is 31.2 Å². The zero-order valence-corrected chi connectivity index (χ0v) is 13.4. The Hall–Kier alpha value is -0.510. The van der Waals surface area contributed by atoms with Crippen LogP contribution in [0.5, 0.6) is 0 Å². The van der Waals surface area contributed by atoms with Gasteiger partial charge in [0, 0.05) is 11.4 Å². The van der Waals surface area contributed by atoms with Gasteiger partial charge in [-0.15, -0.1) is 4.72 Å². The number of nitrogens with one attached hydrogen (secondary N) is 1. The quantitative estimate of drug-likeness (QED) is 0.850. The number of rotatable bonds is 4. The van der Waals surface area contributed by atoms with Gasteiger partial charge in [-0.3, -0.25) is 0 Å². The lowest BCUT2D eigenvalue weighted by Crippen LogP contribution is -2.40. The van der Waals surface area contributed by atoms with Crippen LogP contribution in [-0.2, 0) is 16.8 Å². The molecule has 0 amide bonds. The Labute approximate surface area is 120 Å². The van der Waals surface area contributed by atoms with Gasteiger partial charge in [0.2, 0.25) is 0 Å². The minimum atomic E-state index is -1.03. The highest BCUT2D eigenvalue weighted by Gasteiger charge is 2.38. The van der Waals surface area contributed by atoms with E-state index in [1.54, 1.807) is 0 Å². The molecule has 19 heavy (non-hydrogen) atoms. The number of benzene rings is 1. The Morgan fingerprint density at radius 3 is 2.16 bits per heavy atom. The van der Waals surface area contributed by atoms with Crippen LogP contribution in [0.15, 0.2) is 24.3 Å². The third kappa shape index (κ3) is 3.53. The Balaban J connectivity index is 2.01. The Morgan fingerprint density at radius 1 is 1.21 bits per heavy atom. The van der Waals surface area contributed by atoms with Crippen molar-refractivity contribution in [2.45, 2.75) is 63.7 Å². The van der Waals surface area contributed by atoms with Crippen molar-refractivity contribution in [3.05, 3.63) is 35.4 Å². The molecule has 3 heteroatoms. The molecular weight excluding hydrogens is 254 g/mol. The van der Waals surface area contributed by atoms with E-state index in [1.807, 2.05) is 20.8 Å². The summed E-state index contributed by atoms with van der Waals surface area (Å²) in [5.74, 6) is 0. The highest BCUT2D eigenvalue weighted by molar-refractivity contribution is 7.90. The summed E-state index contributed by atoms with van der Waals surface area (Å²) in [6.45, 7) is 10.3. The van der Waals surface area contributed by atoms with Crippen LogP contribution in [0.2, 0.25) is 0 Å². The largest absolute Gasteiger partial charge is 0.598 e. The number of hydrogen-bond acceptors (Lipinski definition) is 2. The predicted molar refractivity (Wildman–Crippen MR) is 82.5 cm³/mol. The van der Waals surface area contributed by atoms with E-state index in [0.29, 0.717) is 5.41 Å². The third-order valence-electron chi connectivity index (χ3n) is 3.95. The van der Waals surface area contributed by atoms with Crippen molar-refractivity contribution in [1.82, 2.24) is 4.72 Å². The van der Waals surface area contributed by atoms with Crippen molar-refractivity contribution in [3.8, 4) is 0 Å². The van der Waals surface area contributed by atoms with Gasteiger partial charge in [0.25, 0.3) is 0 Å². The first-order valence-electron chi connectivity index (χ1n) is 7.01. The van der Waals surface area contributed by atoms with Crippen LogP contribution in [0.3, 0.4) is 0 Å². The van der Waals surface area contributed by atoms with Crippen molar-refractivity contribution >= 4 is 11.4 Å². The summed E-state index contributed by atoms with van der Waals surface area (Å²) in [5.41, 5.74) is 3.05. The van der Waals surface area contributed by atoms with Gasteiger partial charge in [-0.2, -0.15) is 0 Å². The van der Waals surface area contributed by atoms with E-state index >= 15 is 0 Å². The molecule has 1 aliphatic carbocycles. The zero-order valence-electron chi connectivity index (χ0n) is 12.6. The first kappa shape index (κ1) is 14.9. The maximum absolute atomic E-state index is 12.1. The van der Waals surface area contributed by atoms with Crippen molar-refractivity contribution in [2.75, 3.05) is 0 Å². The molecule has 0 radical (unpaired) electrons. The second kappa shape index (κ2) is 5.12. The normalized spacial score (nSPS) is 20.9. The Morgan fingerprint density at radius 2 is 1.74 bits per heavy atom. The van der Waals surface area contributed by atoms with Crippen molar-refractivity contribution in [1.29, 1.82) is 0 Å². The molecule has 1 aliphatic rings. The van der Waals surface area contributed by atoms with Gasteiger partial charge in [-0.25, -0.2) is 0 Å². The average Bonchev–Trinajstić information content (AvgIpc) is 3.07. The van der Waals surface area contributed by atoms with E-state index in [-0.39, 0.29) is 10.8 Å². The molecule has 1 fully saturated rings. The van der Waals surface area contributed by atoms with E-state index in [4.69, 9.17) is 0 Å². The maximum atomic E-state index is 12.1. The minimum absolute atomic E-state index is 0.112. The summed E-state index contributed by atoms with van der Waals surface area (Å²) < 4.78 is 15.0. The molecule has 1 saturated carbocycles. The molecule has 1 unspecified atom stereocenters. The lowest BCUT2D eigenvalue weighted by Gasteiger charge is -2.26. The van der Waals surface area contributed by atoms with E-state index in [1.165, 1.54) is 24.0 Å². The zero-order chi connectivity index (χ0) is 14.3. The molecule has 0 saturated heterocycles. The molecule has 1 aromatic carbocycles. The fraction of sp³-hybridized carbons (Fsp3) is 0.625. The Kier molecular flexibility index (Phi) is 4.01. The lowest BCUT2D eigenvalue weighted by molar-refractivity contribution is 0.531. The fourth-order valence-corrected chi connectivity index (χ4v) is 2.87. The Bertz CT molecular complexity index is 431. The second-order valence-corrected chi connectivity index (χ2v) is 8.90. The average molecular weight is 279 g/mol. The summed E-state index contributed by atoms with van der Waals surface area (Å²) in [6, 6.07) is 8.88. The monoisotopic (exact) mass is 279 g/mol. The smallest absolute Gasteiger partial charge is 0.136 e. The second-order valence-electron chi connectivity index (χ2n) is 6.90. The van der Waals surface area contributed by atoms with Gasteiger partial charge in [0.05, 0.1) is 6.04 Å². The van der Waals surface area contributed by atoms with Gasteiger partial charge in [-0.05, 0) is 57.1 Å². The van der Waals surface area contributed by atoms with Crippen LogP contribution in [0.25, 0.3) is 0 Å². The SMILES string of the molecule is C[C@H](N[S+]([O-])C(C)(C)C)c1ccc(C2(C)CC2)cc1. The van der Waals surface area contributed by atoms with Crippen LogP contribution in [0.4, 0.5) is 0 Å². The summed E-state index contributed by atoms with van der Waals surface area (Å²) >= 11 is -1.03. The van der Waals surface area contributed by atoms with Crippen LogP contribution in [-0.4, -0.2) is 9.30 Å². The molecular formula is C16H25NOS. The highest BCUT2D eigenvalue weighted by atomic mass is 32.2. The van der Waals surface area contributed by atoms with Crippen molar-refractivity contribution in [3.63, 3.8) is 0 Å². The molecule has 0 aliphatic heterocycles. The predicted octanol–water partition coefficient (Wildman–Crippen LogP) is 3.85. The lowest BCUT2D eigenvalue weighted by atomic mass is 9.96. The summed E-state index contributed by atoms with van der Waals surface area (Å²) in [6.07, 6.45) is 2.60. The molecule has 0 bridgehead atoms. The van der Waals surface area contributed by atoms with Crippen LogP contribution in [0, 0.1) is 0 Å². The summed E-state index contributed by atoms with van der Waals surface area (Å²) in [4.78, 5) is 0. The highest BCUT2D eigenvalue weighted by Crippen LogP contribution is 2.47. The van der Waals surface area contributed by atoms with Crippen molar-refractivity contribution in [2.24, 2.45) is 0 Å². The molecule has 2 nitrogen and oxygen atoms in total. The molecule has 0 spiro atoms. The summed E-state index contributed by atoms with van der Waals surface area (Å²) in [5, 5.41) is 0. The maximum Gasteiger partial charge on any atom is 0.136 e. The molecule has 2 atom stereocenters. The van der Waals surface area contributed by atoms with Crippen molar-refractivity contribution < 1.29 is 4.55 Å². The molecule has 1 N–H and O–H groups in total. The molecule has 0 heterocycles. The molecule has 1 aromatic rings. The first-order valence-corrected chi connectivity index (χ1v) is 8.16. The van der Waals surface area contributed by atoms with E-state index in [2.05, 4.69) is 42.8 Å². The van der Waals surface area contributed by atoms with Gasteiger partial charge < -0.3 is 4.55 Å². The topological polar surface area (TPSA) is 35.1 Å². The van der Waals surface area contributed by atoms with Gasteiger partial charge in [0.1, 0.15) is 4.75 Å². The van der Waals surface area contributed by atoms with Crippen LogP contribution >= 0.6 is 0 Å². The minimum Gasteiger partial charge on any atom is -0.598 e. The van der Waals surface area contributed by atoms with E-state index in [0.717, 1.165) is 0 Å². The standard InChI is InChI=1S/C16H25NOS/c1-12(17-19(18)15(2,3)4)13-6-8-14(9-7-13)16(5)10-11-16/h6-9,12,17H,10-11H2,1-5H3/t12-,19?/m0/s1. The van der Waals surface area contributed by atoms with Gasteiger partial charge >= 0.3 is 0 Å². The first-order chi connectivity index (χ1) is 8.72. The van der Waals surface area contributed by atoms with Crippen LogP contribution in [0.1, 0.15) is 64.6 Å². The van der Waals surface area contributed by atoms with Gasteiger partial charge in [0.15, 0.2) is 0 Å².